The zero-order valence-electron chi connectivity index (χ0n) is 15.6. The second-order valence-corrected chi connectivity index (χ2v) is 6.28. The highest BCUT2D eigenvalue weighted by Gasteiger charge is 2.14. The molecule has 4 aromatic rings. The summed E-state index contributed by atoms with van der Waals surface area (Å²) in [5.41, 5.74) is 1.62. The van der Waals surface area contributed by atoms with Gasteiger partial charge in [-0.1, -0.05) is 0 Å². The highest BCUT2D eigenvalue weighted by atomic mass is 16.5. The minimum absolute atomic E-state index is 0.253. The van der Waals surface area contributed by atoms with Gasteiger partial charge in [0, 0.05) is 16.5 Å². The molecule has 0 saturated heterocycles. The molecule has 8 heteroatoms. The number of fused-ring (bicyclic) bond motifs is 1. The predicted molar refractivity (Wildman–Crippen MR) is 107 cm³/mol. The number of hydrogen-bond donors (Lipinski definition) is 3. The van der Waals surface area contributed by atoms with Crippen LogP contribution in [0.2, 0.25) is 0 Å². The van der Waals surface area contributed by atoms with E-state index in [2.05, 4.69) is 20.8 Å². The van der Waals surface area contributed by atoms with Crippen molar-refractivity contribution in [2.24, 2.45) is 0 Å². The van der Waals surface area contributed by atoms with Crippen LogP contribution >= 0.6 is 0 Å². The van der Waals surface area contributed by atoms with E-state index in [4.69, 9.17) is 9.15 Å². The summed E-state index contributed by atoms with van der Waals surface area (Å²) in [4.78, 5) is 25.0. The molecule has 0 aliphatic heterocycles. The summed E-state index contributed by atoms with van der Waals surface area (Å²) in [6.07, 6.45) is 1.55. The molecule has 8 nitrogen and oxygen atoms in total. The molecule has 0 atom stereocenters. The van der Waals surface area contributed by atoms with Crippen LogP contribution in [0.5, 0.6) is 5.75 Å². The number of carbonyl (C=O) groups excluding carboxylic acids is 2. The number of aromatic nitrogens is 2. The molecule has 29 heavy (non-hydrogen) atoms. The Balaban J connectivity index is 1.51. The third-order valence-corrected chi connectivity index (χ3v) is 4.41. The minimum atomic E-state index is -0.311. The number of nitrogens with zero attached hydrogens (tertiary/aromatic N) is 1. The molecule has 0 aliphatic rings. The van der Waals surface area contributed by atoms with Gasteiger partial charge in [-0.15, -0.1) is 0 Å². The molecule has 0 spiro atoms. The fraction of sp³-hybridized carbons (Fsp3) is 0.0952. The maximum Gasteiger partial charge on any atom is 0.256 e. The topological polar surface area (TPSA) is 109 Å². The lowest BCUT2D eigenvalue weighted by molar-refractivity contribution is 0.0947. The van der Waals surface area contributed by atoms with E-state index in [0.717, 1.165) is 0 Å². The van der Waals surface area contributed by atoms with Crippen LogP contribution in [0.25, 0.3) is 10.9 Å². The van der Waals surface area contributed by atoms with E-state index < -0.39 is 0 Å². The lowest BCUT2D eigenvalue weighted by Gasteiger charge is -2.06. The Hall–Kier alpha value is -4.07. The number of methoxy groups -OCH3 is 1. The van der Waals surface area contributed by atoms with Crippen LogP contribution in [0.4, 0.5) is 5.82 Å². The van der Waals surface area contributed by atoms with Crippen LogP contribution in [0.1, 0.15) is 26.5 Å². The molecule has 0 saturated carbocycles. The molecule has 0 aliphatic carbocycles. The normalized spacial score (nSPS) is 10.7. The number of ether oxygens (including phenoxy) is 1. The van der Waals surface area contributed by atoms with Crippen molar-refractivity contribution in [3.63, 3.8) is 0 Å². The highest BCUT2D eigenvalue weighted by Crippen LogP contribution is 2.23. The molecule has 0 radical (unpaired) electrons. The van der Waals surface area contributed by atoms with Gasteiger partial charge in [-0.25, -0.2) is 0 Å². The van der Waals surface area contributed by atoms with E-state index >= 15 is 0 Å². The van der Waals surface area contributed by atoms with Crippen LogP contribution in [0, 0.1) is 0 Å². The first-order valence-corrected chi connectivity index (χ1v) is 8.88. The molecule has 3 N–H and O–H groups in total. The van der Waals surface area contributed by atoms with Gasteiger partial charge in [0.15, 0.2) is 5.82 Å². The van der Waals surface area contributed by atoms with Crippen LogP contribution in [-0.4, -0.2) is 29.1 Å². The van der Waals surface area contributed by atoms with Crippen molar-refractivity contribution in [3.05, 3.63) is 77.7 Å². The molecule has 146 valence electrons. The van der Waals surface area contributed by atoms with Crippen molar-refractivity contribution in [2.45, 2.75) is 6.54 Å². The smallest absolute Gasteiger partial charge is 0.256 e. The van der Waals surface area contributed by atoms with Gasteiger partial charge < -0.3 is 19.8 Å². The van der Waals surface area contributed by atoms with Gasteiger partial charge in [0.1, 0.15) is 11.5 Å². The van der Waals surface area contributed by atoms with Crippen molar-refractivity contribution in [3.8, 4) is 5.75 Å². The Labute approximate surface area is 165 Å². The third-order valence-electron chi connectivity index (χ3n) is 4.41. The molecular formula is C21H18N4O4. The average molecular weight is 390 g/mol. The number of anilines is 1. The summed E-state index contributed by atoms with van der Waals surface area (Å²) < 4.78 is 10.3. The van der Waals surface area contributed by atoms with E-state index in [1.165, 1.54) is 0 Å². The summed E-state index contributed by atoms with van der Waals surface area (Å²) >= 11 is 0. The number of hydrogen-bond acceptors (Lipinski definition) is 5. The summed E-state index contributed by atoms with van der Waals surface area (Å²) in [5, 5.41) is 13.2. The fourth-order valence-corrected chi connectivity index (χ4v) is 2.86. The lowest BCUT2D eigenvalue weighted by Crippen LogP contribution is -2.22. The van der Waals surface area contributed by atoms with Crippen LogP contribution < -0.4 is 15.4 Å². The molecule has 2 heterocycles. The van der Waals surface area contributed by atoms with Crippen LogP contribution in [-0.2, 0) is 6.54 Å². The number of nitrogens with one attached hydrogen (secondary N) is 3. The first kappa shape index (κ1) is 18.3. The number of amides is 2. The predicted octanol–water partition coefficient (Wildman–Crippen LogP) is 3.35. The minimum Gasteiger partial charge on any atom is -0.497 e. The highest BCUT2D eigenvalue weighted by molar-refractivity contribution is 6.09. The second kappa shape index (κ2) is 7.89. The molecule has 2 aromatic carbocycles. The van der Waals surface area contributed by atoms with Gasteiger partial charge in [0.05, 0.1) is 25.4 Å². The lowest BCUT2D eigenvalue weighted by atomic mass is 10.1. The van der Waals surface area contributed by atoms with Gasteiger partial charge >= 0.3 is 0 Å². The first-order valence-electron chi connectivity index (χ1n) is 8.88. The molecule has 2 aromatic heterocycles. The van der Waals surface area contributed by atoms with Gasteiger partial charge in [-0.05, 0) is 54.6 Å². The maximum atomic E-state index is 12.5. The SMILES string of the molecule is COc1ccc(C(=O)Nc2n[nH]c3ccc(C(=O)NCc4ccco4)cc23)cc1. The number of rotatable bonds is 6. The molecule has 0 unspecified atom stereocenters. The average Bonchev–Trinajstić information content (AvgIpc) is 3.42. The van der Waals surface area contributed by atoms with E-state index in [0.29, 0.717) is 39.4 Å². The van der Waals surface area contributed by atoms with Crippen molar-refractivity contribution >= 4 is 28.5 Å². The Bertz CT molecular complexity index is 1150. The number of carbonyl (C=O) groups is 2. The van der Waals surface area contributed by atoms with Crippen LogP contribution in [0.15, 0.2) is 65.3 Å². The summed E-state index contributed by atoms with van der Waals surface area (Å²) in [6.45, 7) is 0.288. The Morgan fingerprint density at radius 3 is 2.59 bits per heavy atom. The number of furan rings is 1. The standard InChI is InChI=1S/C21H18N4O4/c1-28-15-7-4-13(5-8-15)21(27)23-19-17-11-14(6-9-18(17)24-25-19)20(26)22-12-16-3-2-10-29-16/h2-11H,12H2,1H3,(H,22,26)(H2,23,24,25,27). The molecule has 4 rings (SSSR count). The van der Waals surface area contributed by atoms with Gasteiger partial charge in [0.25, 0.3) is 11.8 Å². The van der Waals surface area contributed by atoms with E-state index in [1.807, 2.05) is 0 Å². The zero-order chi connectivity index (χ0) is 20.2. The van der Waals surface area contributed by atoms with E-state index in [9.17, 15) is 9.59 Å². The van der Waals surface area contributed by atoms with E-state index in [-0.39, 0.29) is 18.4 Å². The van der Waals surface area contributed by atoms with Crippen molar-refractivity contribution in [2.75, 3.05) is 12.4 Å². The number of aromatic amines is 1. The van der Waals surface area contributed by atoms with Crippen LogP contribution in [0.3, 0.4) is 0 Å². The van der Waals surface area contributed by atoms with Crippen molar-refractivity contribution < 1.29 is 18.7 Å². The summed E-state index contributed by atoms with van der Waals surface area (Å²) in [7, 11) is 1.56. The third kappa shape index (κ3) is 3.96. The monoisotopic (exact) mass is 390 g/mol. The molecular weight excluding hydrogens is 372 g/mol. The maximum absolute atomic E-state index is 12.5. The zero-order valence-corrected chi connectivity index (χ0v) is 15.6. The molecule has 2 amide bonds. The largest absolute Gasteiger partial charge is 0.497 e. The number of benzene rings is 2. The van der Waals surface area contributed by atoms with Gasteiger partial charge in [-0.2, -0.15) is 5.10 Å². The second-order valence-electron chi connectivity index (χ2n) is 6.28. The summed E-state index contributed by atoms with van der Waals surface area (Å²) in [5.74, 6) is 1.11. The van der Waals surface area contributed by atoms with Crippen molar-refractivity contribution in [1.29, 1.82) is 0 Å². The quantitative estimate of drug-likeness (QED) is 0.468. The van der Waals surface area contributed by atoms with Gasteiger partial charge in [-0.3, -0.25) is 14.7 Å². The van der Waals surface area contributed by atoms with E-state index in [1.54, 1.807) is 68.0 Å². The fourth-order valence-electron chi connectivity index (χ4n) is 2.86. The van der Waals surface area contributed by atoms with Crippen molar-refractivity contribution in [1.82, 2.24) is 15.5 Å². The summed E-state index contributed by atoms with van der Waals surface area (Å²) in [6, 6.07) is 15.4. The molecule has 0 fully saturated rings. The number of H-pyrrole nitrogens is 1. The van der Waals surface area contributed by atoms with Gasteiger partial charge in [0.2, 0.25) is 0 Å². The first-order chi connectivity index (χ1) is 14.1. The Morgan fingerprint density at radius 2 is 1.86 bits per heavy atom. The Kier molecular flexibility index (Phi) is 4.98. The molecule has 0 bridgehead atoms. The Morgan fingerprint density at radius 1 is 1.07 bits per heavy atom.